The van der Waals surface area contributed by atoms with Gasteiger partial charge in [0, 0.05) is 12.6 Å². The van der Waals surface area contributed by atoms with E-state index in [9.17, 15) is 4.79 Å². The van der Waals surface area contributed by atoms with Crippen LogP contribution in [0.3, 0.4) is 0 Å². The molecule has 1 saturated heterocycles. The Morgan fingerprint density at radius 1 is 1.35 bits per heavy atom. The van der Waals surface area contributed by atoms with Crippen LogP contribution in [0.25, 0.3) is 0 Å². The van der Waals surface area contributed by atoms with Crippen molar-refractivity contribution in [2.75, 3.05) is 7.11 Å². The summed E-state index contributed by atoms with van der Waals surface area (Å²) in [6.45, 7) is 2.99. The molecular weight excluding hydrogens is 214 g/mol. The molecule has 17 heavy (non-hydrogen) atoms. The third kappa shape index (κ3) is 2.67. The predicted octanol–water partition coefficient (Wildman–Crippen LogP) is 2.21. The maximum Gasteiger partial charge on any atom is 0.323 e. The molecule has 1 aliphatic heterocycles. The van der Waals surface area contributed by atoms with Crippen molar-refractivity contribution >= 4 is 5.97 Å². The van der Waals surface area contributed by atoms with E-state index >= 15 is 0 Å². The second-order valence-electron chi connectivity index (χ2n) is 4.62. The van der Waals surface area contributed by atoms with Crippen molar-refractivity contribution in [3.05, 3.63) is 35.9 Å². The number of hydrogen-bond acceptors (Lipinski definition) is 3. The lowest BCUT2D eigenvalue weighted by Crippen LogP contribution is -2.39. The van der Waals surface area contributed by atoms with Crippen LogP contribution in [0.4, 0.5) is 0 Å². The van der Waals surface area contributed by atoms with E-state index in [1.54, 1.807) is 0 Å². The van der Waals surface area contributed by atoms with E-state index in [1.807, 2.05) is 18.2 Å². The number of hydrogen-bond donors (Lipinski definition) is 0. The molecule has 0 amide bonds. The minimum Gasteiger partial charge on any atom is -0.468 e. The Morgan fingerprint density at radius 3 is 2.71 bits per heavy atom. The highest BCUT2D eigenvalue weighted by molar-refractivity contribution is 5.76. The molecule has 1 fully saturated rings. The molecular formula is C14H19NO2. The van der Waals surface area contributed by atoms with Gasteiger partial charge in [0.15, 0.2) is 0 Å². The first-order valence-electron chi connectivity index (χ1n) is 6.10. The maximum absolute atomic E-state index is 11.7. The Bertz CT molecular complexity index is 377. The van der Waals surface area contributed by atoms with Crippen molar-refractivity contribution in [1.82, 2.24) is 4.90 Å². The van der Waals surface area contributed by atoms with Crippen LogP contribution in [0.5, 0.6) is 0 Å². The average molecular weight is 233 g/mol. The summed E-state index contributed by atoms with van der Waals surface area (Å²) in [6, 6.07) is 10.6. The standard InChI is InChI=1S/C14H19NO2/c1-11-8-9-13(14(16)17-2)15(11)10-12-6-4-3-5-7-12/h3-7,11,13H,8-10H2,1-2H3/t11?,13-/m0/s1. The fourth-order valence-electron chi connectivity index (χ4n) is 2.49. The van der Waals surface area contributed by atoms with Crippen LogP contribution >= 0.6 is 0 Å². The maximum atomic E-state index is 11.7. The van der Waals surface area contributed by atoms with E-state index in [2.05, 4.69) is 24.0 Å². The van der Waals surface area contributed by atoms with Gasteiger partial charge in [-0.2, -0.15) is 0 Å². The van der Waals surface area contributed by atoms with Crippen molar-refractivity contribution in [1.29, 1.82) is 0 Å². The van der Waals surface area contributed by atoms with Gasteiger partial charge < -0.3 is 4.74 Å². The lowest BCUT2D eigenvalue weighted by Gasteiger charge is -2.26. The van der Waals surface area contributed by atoms with Gasteiger partial charge in [-0.15, -0.1) is 0 Å². The first-order valence-corrected chi connectivity index (χ1v) is 6.10. The van der Waals surface area contributed by atoms with Crippen molar-refractivity contribution in [2.24, 2.45) is 0 Å². The van der Waals surface area contributed by atoms with Gasteiger partial charge in [0.2, 0.25) is 0 Å². The monoisotopic (exact) mass is 233 g/mol. The zero-order chi connectivity index (χ0) is 12.3. The second kappa shape index (κ2) is 5.32. The molecule has 0 aliphatic carbocycles. The van der Waals surface area contributed by atoms with Crippen molar-refractivity contribution in [3.63, 3.8) is 0 Å². The van der Waals surface area contributed by atoms with Crippen LogP contribution in [0.2, 0.25) is 0 Å². The number of esters is 1. The number of methoxy groups -OCH3 is 1. The summed E-state index contributed by atoms with van der Waals surface area (Å²) in [5, 5.41) is 0. The molecule has 3 heteroatoms. The Balaban J connectivity index is 2.09. The summed E-state index contributed by atoms with van der Waals surface area (Å²) in [5.41, 5.74) is 1.25. The van der Waals surface area contributed by atoms with E-state index in [-0.39, 0.29) is 12.0 Å². The minimum atomic E-state index is -0.106. The lowest BCUT2D eigenvalue weighted by atomic mass is 10.2. The van der Waals surface area contributed by atoms with Crippen LogP contribution in [-0.4, -0.2) is 30.1 Å². The van der Waals surface area contributed by atoms with Crippen LogP contribution < -0.4 is 0 Å². The molecule has 1 unspecified atom stereocenters. The number of benzene rings is 1. The quantitative estimate of drug-likeness (QED) is 0.750. The summed E-state index contributed by atoms with van der Waals surface area (Å²) in [4.78, 5) is 13.9. The molecule has 1 heterocycles. The summed E-state index contributed by atoms with van der Waals surface area (Å²) < 4.78 is 4.87. The second-order valence-corrected chi connectivity index (χ2v) is 4.62. The van der Waals surface area contributed by atoms with Crippen molar-refractivity contribution in [3.8, 4) is 0 Å². The van der Waals surface area contributed by atoms with Gasteiger partial charge in [0.25, 0.3) is 0 Å². The molecule has 0 saturated carbocycles. The van der Waals surface area contributed by atoms with E-state index in [0.29, 0.717) is 6.04 Å². The lowest BCUT2D eigenvalue weighted by molar-refractivity contribution is -0.146. The number of likely N-dealkylation sites (tertiary alicyclic amines) is 1. The molecule has 0 aromatic heterocycles. The van der Waals surface area contributed by atoms with E-state index in [0.717, 1.165) is 19.4 Å². The Labute approximate surface area is 102 Å². The third-order valence-corrected chi connectivity index (χ3v) is 3.51. The normalized spacial score (nSPS) is 24.8. The summed E-state index contributed by atoms with van der Waals surface area (Å²) in [7, 11) is 1.46. The van der Waals surface area contributed by atoms with E-state index in [1.165, 1.54) is 12.7 Å². The fraction of sp³-hybridized carbons (Fsp3) is 0.500. The molecule has 3 nitrogen and oxygen atoms in total. The molecule has 92 valence electrons. The van der Waals surface area contributed by atoms with Crippen LogP contribution in [-0.2, 0) is 16.1 Å². The highest BCUT2D eigenvalue weighted by atomic mass is 16.5. The predicted molar refractivity (Wildman–Crippen MR) is 66.5 cm³/mol. The number of nitrogens with zero attached hydrogens (tertiary/aromatic N) is 1. The molecule has 2 atom stereocenters. The molecule has 1 aromatic rings. The smallest absolute Gasteiger partial charge is 0.323 e. The number of carbonyl (C=O) groups excluding carboxylic acids is 1. The van der Waals surface area contributed by atoms with Gasteiger partial charge in [0.05, 0.1) is 7.11 Å². The number of ether oxygens (including phenoxy) is 1. The van der Waals surface area contributed by atoms with Gasteiger partial charge >= 0.3 is 5.97 Å². The van der Waals surface area contributed by atoms with Crippen LogP contribution in [0.1, 0.15) is 25.3 Å². The molecule has 0 spiro atoms. The Kier molecular flexibility index (Phi) is 3.79. The highest BCUT2D eigenvalue weighted by Gasteiger charge is 2.35. The Hall–Kier alpha value is -1.35. The summed E-state index contributed by atoms with van der Waals surface area (Å²) in [6.07, 6.45) is 1.97. The first kappa shape index (κ1) is 12.1. The van der Waals surface area contributed by atoms with Gasteiger partial charge in [-0.1, -0.05) is 30.3 Å². The van der Waals surface area contributed by atoms with Gasteiger partial charge in [-0.05, 0) is 25.3 Å². The molecule has 0 radical (unpaired) electrons. The van der Waals surface area contributed by atoms with Crippen LogP contribution in [0.15, 0.2) is 30.3 Å². The van der Waals surface area contributed by atoms with Crippen LogP contribution in [0, 0.1) is 0 Å². The molecule has 0 bridgehead atoms. The van der Waals surface area contributed by atoms with Gasteiger partial charge in [-0.25, -0.2) is 0 Å². The zero-order valence-corrected chi connectivity index (χ0v) is 10.4. The third-order valence-electron chi connectivity index (χ3n) is 3.51. The van der Waals surface area contributed by atoms with Crippen molar-refractivity contribution in [2.45, 2.75) is 38.4 Å². The van der Waals surface area contributed by atoms with Crippen molar-refractivity contribution < 1.29 is 9.53 Å². The first-order chi connectivity index (χ1) is 8.22. The Morgan fingerprint density at radius 2 is 2.06 bits per heavy atom. The molecule has 2 rings (SSSR count). The van der Waals surface area contributed by atoms with E-state index in [4.69, 9.17) is 4.74 Å². The number of rotatable bonds is 3. The fourth-order valence-corrected chi connectivity index (χ4v) is 2.49. The minimum absolute atomic E-state index is 0.0739. The zero-order valence-electron chi connectivity index (χ0n) is 10.4. The average Bonchev–Trinajstić information content (AvgIpc) is 2.72. The van der Waals surface area contributed by atoms with Gasteiger partial charge in [-0.3, -0.25) is 9.69 Å². The molecule has 1 aromatic carbocycles. The SMILES string of the molecule is COC(=O)[C@@H]1CCC(C)N1Cc1ccccc1. The summed E-state index contributed by atoms with van der Waals surface area (Å²) >= 11 is 0. The number of carbonyl (C=O) groups is 1. The summed E-state index contributed by atoms with van der Waals surface area (Å²) in [5.74, 6) is -0.106. The highest BCUT2D eigenvalue weighted by Crippen LogP contribution is 2.26. The van der Waals surface area contributed by atoms with E-state index < -0.39 is 0 Å². The topological polar surface area (TPSA) is 29.5 Å². The van der Waals surface area contributed by atoms with Gasteiger partial charge in [0.1, 0.15) is 6.04 Å². The molecule has 1 aliphatic rings. The largest absolute Gasteiger partial charge is 0.468 e. The molecule has 0 N–H and O–H groups in total.